The third-order valence-electron chi connectivity index (χ3n) is 2.38. The molecule has 0 aliphatic heterocycles. The third kappa shape index (κ3) is 6.13. The second-order valence-corrected chi connectivity index (χ2v) is 6.19. The van der Waals surface area contributed by atoms with E-state index in [4.69, 9.17) is 0 Å². The van der Waals surface area contributed by atoms with Gasteiger partial charge in [-0.1, -0.05) is 6.92 Å². The molecule has 2 N–H and O–H groups in total. The van der Waals surface area contributed by atoms with Gasteiger partial charge in [-0.15, -0.1) is 0 Å². The Morgan fingerprint density at radius 2 is 2.17 bits per heavy atom. The van der Waals surface area contributed by atoms with Gasteiger partial charge < -0.3 is 5.32 Å². The lowest BCUT2D eigenvalue weighted by Gasteiger charge is -2.14. The monoisotopic (exact) mass is 274 g/mol. The minimum atomic E-state index is -3.22. The van der Waals surface area contributed by atoms with Crippen LogP contribution in [0, 0.1) is 0 Å². The molecule has 1 heterocycles. The molecule has 0 spiro atoms. The Labute approximate surface area is 109 Å². The highest BCUT2D eigenvalue weighted by molar-refractivity contribution is 7.89. The van der Waals surface area contributed by atoms with Crippen LogP contribution in [0.5, 0.6) is 0 Å². The first-order chi connectivity index (χ1) is 8.53. The van der Waals surface area contributed by atoms with Crippen molar-refractivity contribution in [3.8, 4) is 0 Å². The molecule has 0 saturated carbocycles. The van der Waals surface area contributed by atoms with E-state index in [1.165, 1.54) is 0 Å². The summed E-state index contributed by atoms with van der Waals surface area (Å²) in [5.41, 5.74) is 0. The maximum atomic E-state index is 11.8. The Morgan fingerprint density at radius 1 is 1.39 bits per heavy atom. The number of hydrogen-bond acceptors (Lipinski definition) is 4. The first-order valence-electron chi connectivity index (χ1n) is 6.21. The fourth-order valence-electron chi connectivity index (χ4n) is 1.60. The highest BCUT2D eigenvalue weighted by atomic mass is 32.2. The molecular weight excluding hydrogens is 252 g/mol. The van der Waals surface area contributed by atoms with E-state index in [1.54, 1.807) is 10.9 Å². The van der Waals surface area contributed by atoms with Crippen LogP contribution in [0.1, 0.15) is 20.3 Å². The van der Waals surface area contributed by atoms with Crippen molar-refractivity contribution in [2.24, 2.45) is 0 Å². The molecular formula is C11H22N4O2S. The minimum Gasteiger partial charge on any atom is -0.316 e. The second-order valence-electron chi connectivity index (χ2n) is 4.32. The zero-order valence-electron chi connectivity index (χ0n) is 11.0. The van der Waals surface area contributed by atoms with Crippen molar-refractivity contribution in [3.05, 3.63) is 18.5 Å². The van der Waals surface area contributed by atoms with E-state index in [0.29, 0.717) is 13.1 Å². The van der Waals surface area contributed by atoms with Crippen LogP contribution < -0.4 is 10.0 Å². The van der Waals surface area contributed by atoms with Crippen LogP contribution in [0.2, 0.25) is 0 Å². The van der Waals surface area contributed by atoms with Gasteiger partial charge in [0.25, 0.3) is 0 Å². The number of aromatic nitrogens is 2. The van der Waals surface area contributed by atoms with Gasteiger partial charge >= 0.3 is 0 Å². The summed E-state index contributed by atoms with van der Waals surface area (Å²) in [5.74, 6) is 0.108. The number of nitrogens with zero attached hydrogens (tertiary/aromatic N) is 2. The van der Waals surface area contributed by atoms with Crippen LogP contribution in [-0.2, 0) is 16.6 Å². The second kappa shape index (κ2) is 7.50. The Hall–Kier alpha value is -0.920. The van der Waals surface area contributed by atoms with E-state index in [0.717, 1.165) is 13.0 Å². The predicted octanol–water partition coefficient (Wildman–Crippen LogP) is 0.191. The van der Waals surface area contributed by atoms with Gasteiger partial charge in [-0.3, -0.25) is 4.68 Å². The Kier molecular flexibility index (Phi) is 6.31. The Balaban J connectivity index is 2.30. The quantitative estimate of drug-likeness (QED) is 0.630. The smallest absolute Gasteiger partial charge is 0.213 e. The van der Waals surface area contributed by atoms with Crippen LogP contribution in [0.4, 0.5) is 0 Å². The molecule has 0 radical (unpaired) electrons. The topological polar surface area (TPSA) is 76.0 Å². The Morgan fingerprint density at radius 3 is 2.78 bits per heavy atom. The van der Waals surface area contributed by atoms with Crippen molar-refractivity contribution in [2.75, 3.05) is 18.8 Å². The van der Waals surface area contributed by atoms with Crippen molar-refractivity contribution in [1.29, 1.82) is 0 Å². The molecule has 1 aromatic rings. The standard InChI is InChI=1S/C11H22N4O2S/c1-3-5-12-7-9-18(16,17)14-11(2)10-15-8-4-6-13-15/h4,6,8,11-12,14H,3,5,7,9-10H2,1-2H3. The number of nitrogens with one attached hydrogen (secondary N) is 2. The van der Waals surface area contributed by atoms with Crippen molar-refractivity contribution < 1.29 is 8.42 Å². The van der Waals surface area contributed by atoms with Gasteiger partial charge in [-0.25, -0.2) is 13.1 Å². The molecule has 0 fully saturated rings. The summed E-state index contributed by atoms with van der Waals surface area (Å²) in [6.07, 6.45) is 4.49. The lowest BCUT2D eigenvalue weighted by Crippen LogP contribution is -2.39. The molecule has 0 amide bonds. The summed E-state index contributed by atoms with van der Waals surface area (Å²) in [6.45, 7) is 5.75. The number of sulfonamides is 1. The maximum Gasteiger partial charge on any atom is 0.213 e. The highest BCUT2D eigenvalue weighted by Gasteiger charge is 2.14. The van der Waals surface area contributed by atoms with Crippen LogP contribution >= 0.6 is 0 Å². The first-order valence-corrected chi connectivity index (χ1v) is 7.87. The Bertz CT molecular complexity index is 416. The molecule has 0 saturated heterocycles. The maximum absolute atomic E-state index is 11.8. The molecule has 0 aliphatic carbocycles. The zero-order chi connectivity index (χ0) is 13.4. The van der Waals surface area contributed by atoms with Gasteiger partial charge in [0.2, 0.25) is 10.0 Å². The van der Waals surface area contributed by atoms with Crippen LogP contribution in [-0.4, -0.2) is 43.1 Å². The van der Waals surface area contributed by atoms with Gasteiger partial charge in [0.15, 0.2) is 0 Å². The highest BCUT2D eigenvalue weighted by Crippen LogP contribution is 1.94. The average molecular weight is 274 g/mol. The SMILES string of the molecule is CCCNCCS(=O)(=O)NC(C)Cn1cccn1. The summed E-state index contributed by atoms with van der Waals surface area (Å²) >= 11 is 0. The predicted molar refractivity (Wildman–Crippen MR) is 71.8 cm³/mol. The fraction of sp³-hybridized carbons (Fsp3) is 0.727. The zero-order valence-corrected chi connectivity index (χ0v) is 11.8. The lowest BCUT2D eigenvalue weighted by atomic mass is 10.4. The van der Waals surface area contributed by atoms with E-state index < -0.39 is 10.0 Å². The lowest BCUT2D eigenvalue weighted by molar-refractivity contribution is 0.493. The molecule has 7 heteroatoms. The van der Waals surface area contributed by atoms with Crippen molar-refractivity contribution >= 4 is 10.0 Å². The average Bonchev–Trinajstić information content (AvgIpc) is 2.76. The van der Waals surface area contributed by atoms with Gasteiger partial charge in [0, 0.05) is 25.0 Å². The van der Waals surface area contributed by atoms with E-state index in [-0.39, 0.29) is 11.8 Å². The van der Waals surface area contributed by atoms with E-state index in [9.17, 15) is 8.42 Å². The number of rotatable bonds is 9. The summed E-state index contributed by atoms with van der Waals surface area (Å²) in [4.78, 5) is 0. The molecule has 0 bridgehead atoms. The molecule has 6 nitrogen and oxygen atoms in total. The minimum absolute atomic E-state index is 0.108. The van der Waals surface area contributed by atoms with Crippen LogP contribution in [0.25, 0.3) is 0 Å². The molecule has 1 aromatic heterocycles. The largest absolute Gasteiger partial charge is 0.316 e. The van der Waals surface area contributed by atoms with Gasteiger partial charge in [-0.2, -0.15) is 5.10 Å². The molecule has 104 valence electrons. The first kappa shape index (κ1) is 15.1. The molecule has 0 aromatic carbocycles. The summed E-state index contributed by atoms with van der Waals surface area (Å²) in [5, 5.41) is 7.12. The van der Waals surface area contributed by atoms with Gasteiger partial charge in [-0.05, 0) is 26.0 Å². The third-order valence-corrected chi connectivity index (χ3v) is 3.88. The molecule has 18 heavy (non-hydrogen) atoms. The van der Waals surface area contributed by atoms with Crippen molar-refractivity contribution in [2.45, 2.75) is 32.9 Å². The normalized spacial score (nSPS) is 13.7. The van der Waals surface area contributed by atoms with E-state index in [1.807, 2.05) is 26.1 Å². The summed E-state index contributed by atoms with van der Waals surface area (Å²) in [7, 11) is -3.22. The molecule has 1 rings (SSSR count). The molecule has 0 aliphatic rings. The molecule has 1 unspecified atom stereocenters. The fourth-order valence-corrected chi connectivity index (χ4v) is 2.82. The van der Waals surface area contributed by atoms with Crippen LogP contribution in [0.15, 0.2) is 18.5 Å². The number of hydrogen-bond donors (Lipinski definition) is 2. The van der Waals surface area contributed by atoms with Crippen LogP contribution in [0.3, 0.4) is 0 Å². The summed E-state index contributed by atoms with van der Waals surface area (Å²) < 4.78 is 27.9. The van der Waals surface area contributed by atoms with Gasteiger partial charge in [0.05, 0.1) is 12.3 Å². The van der Waals surface area contributed by atoms with Crippen molar-refractivity contribution in [3.63, 3.8) is 0 Å². The van der Waals surface area contributed by atoms with E-state index >= 15 is 0 Å². The van der Waals surface area contributed by atoms with E-state index in [2.05, 4.69) is 15.1 Å². The molecule has 1 atom stereocenters. The van der Waals surface area contributed by atoms with Crippen molar-refractivity contribution in [1.82, 2.24) is 19.8 Å². The van der Waals surface area contributed by atoms with Gasteiger partial charge in [0.1, 0.15) is 0 Å². The summed E-state index contributed by atoms with van der Waals surface area (Å²) in [6, 6.07) is 1.65.